The fraction of sp³-hybridized carbons (Fsp3) is 0.400. The highest BCUT2D eigenvalue weighted by atomic mass is 19.1. The zero-order valence-corrected chi connectivity index (χ0v) is 9.31. The van der Waals surface area contributed by atoms with Gasteiger partial charge in [-0.15, -0.1) is 0 Å². The highest BCUT2D eigenvalue weighted by Crippen LogP contribution is 2.17. The Bertz CT molecular complexity index is 387. The third-order valence-electron chi connectivity index (χ3n) is 1.98. The Morgan fingerprint density at radius 1 is 1.47 bits per heavy atom. The van der Waals surface area contributed by atoms with Crippen molar-refractivity contribution in [1.82, 2.24) is 5.48 Å². The Hall–Kier alpha value is -1.57. The number of nitrogens with one attached hydrogen (secondary N) is 1. The number of hydrogen-bond donors (Lipinski definition) is 1. The SMILES string of the molecule is COCCONCc1ccc([N+](=O)[O-])c(F)c1. The molecule has 0 bridgehead atoms. The van der Waals surface area contributed by atoms with Gasteiger partial charge in [-0.3, -0.25) is 15.0 Å². The molecule has 7 heteroatoms. The second kappa shape index (κ2) is 6.89. The molecule has 0 radical (unpaired) electrons. The molecule has 0 aromatic heterocycles. The van der Waals surface area contributed by atoms with E-state index in [1.807, 2.05) is 0 Å². The van der Waals surface area contributed by atoms with Crippen LogP contribution < -0.4 is 5.48 Å². The monoisotopic (exact) mass is 244 g/mol. The maximum absolute atomic E-state index is 13.2. The van der Waals surface area contributed by atoms with Gasteiger partial charge in [0.2, 0.25) is 5.82 Å². The lowest BCUT2D eigenvalue weighted by molar-refractivity contribution is -0.387. The average molecular weight is 244 g/mol. The summed E-state index contributed by atoms with van der Waals surface area (Å²) < 4.78 is 18.0. The van der Waals surface area contributed by atoms with Crippen LogP contribution in [0.5, 0.6) is 0 Å². The highest BCUT2D eigenvalue weighted by Gasteiger charge is 2.13. The van der Waals surface area contributed by atoms with E-state index in [9.17, 15) is 14.5 Å². The molecule has 1 aromatic carbocycles. The molecule has 0 heterocycles. The summed E-state index contributed by atoms with van der Waals surface area (Å²) in [6, 6.07) is 3.69. The lowest BCUT2D eigenvalue weighted by Crippen LogP contribution is -2.17. The van der Waals surface area contributed by atoms with E-state index in [0.29, 0.717) is 18.8 Å². The van der Waals surface area contributed by atoms with Crippen molar-refractivity contribution in [3.8, 4) is 0 Å². The lowest BCUT2D eigenvalue weighted by atomic mass is 10.2. The summed E-state index contributed by atoms with van der Waals surface area (Å²) >= 11 is 0. The van der Waals surface area contributed by atoms with Crippen molar-refractivity contribution in [2.75, 3.05) is 20.3 Å². The minimum Gasteiger partial charge on any atom is -0.382 e. The molecule has 0 aliphatic heterocycles. The summed E-state index contributed by atoms with van der Waals surface area (Å²) in [6.45, 7) is 1.08. The molecule has 17 heavy (non-hydrogen) atoms. The summed E-state index contributed by atoms with van der Waals surface area (Å²) in [5.74, 6) is -0.855. The molecule has 0 aliphatic rings. The van der Waals surface area contributed by atoms with E-state index in [1.54, 1.807) is 7.11 Å². The zero-order chi connectivity index (χ0) is 12.7. The highest BCUT2D eigenvalue weighted by molar-refractivity contribution is 5.34. The van der Waals surface area contributed by atoms with Gasteiger partial charge in [0.15, 0.2) is 0 Å². The Kier molecular flexibility index (Phi) is 5.47. The van der Waals surface area contributed by atoms with E-state index >= 15 is 0 Å². The van der Waals surface area contributed by atoms with Crippen LogP contribution in [0.15, 0.2) is 18.2 Å². The molecular weight excluding hydrogens is 231 g/mol. The summed E-state index contributed by atoms with van der Waals surface area (Å²) in [4.78, 5) is 14.6. The molecular formula is C10H13FN2O4. The first-order valence-electron chi connectivity index (χ1n) is 4.91. The van der Waals surface area contributed by atoms with Crippen molar-refractivity contribution in [2.45, 2.75) is 6.54 Å². The fourth-order valence-corrected chi connectivity index (χ4v) is 1.14. The van der Waals surface area contributed by atoms with E-state index in [2.05, 4.69) is 5.48 Å². The van der Waals surface area contributed by atoms with Crippen molar-refractivity contribution in [2.24, 2.45) is 0 Å². The smallest absolute Gasteiger partial charge is 0.304 e. The standard InChI is InChI=1S/C10H13FN2O4/c1-16-4-5-17-12-7-8-2-3-10(13(14)15)9(11)6-8/h2-3,6,12H,4-5,7H2,1H3. The van der Waals surface area contributed by atoms with Gasteiger partial charge in [-0.05, 0) is 11.6 Å². The van der Waals surface area contributed by atoms with Crippen molar-refractivity contribution in [3.63, 3.8) is 0 Å². The number of nitrogens with zero attached hydrogens (tertiary/aromatic N) is 1. The number of hydroxylamine groups is 1. The number of hydrogen-bond acceptors (Lipinski definition) is 5. The van der Waals surface area contributed by atoms with Gasteiger partial charge >= 0.3 is 5.69 Å². The molecule has 0 amide bonds. The molecule has 0 unspecified atom stereocenters. The Labute approximate surface area is 97.4 Å². The Balaban J connectivity index is 2.45. The fourth-order valence-electron chi connectivity index (χ4n) is 1.14. The zero-order valence-electron chi connectivity index (χ0n) is 9.31. The lowest BCUT2D eigenvalue weighted by Gasteiger charge is -2.05. The first-order valence-corrected chi connectivity index (χ1v) is 4.91. The number of halogens is 1. The second-order valence-electron chi connectivity index (χ2n) is 3.21. The molecule has 0 fully saturated rings. The van der Waals surface area contributed by atoms with Crippen LogP contribution in [-0.2, 0) is 16.1 Å². The van der Waals surface area contributed by atoms with Crippen LogP contribution in [0.4, 0.5) is 10.1 Å². The van der Waals surface area contributed by atoms with Crippen LogP contribution in [0.3, 0.4) is 0 Å². The Morgan fingerprint density at radius 3 is 2.82 bits per heavy atom. The van der Waals surface area contributed by atoms with Crippen molar-refractivity contribution in [1.29, 1.82) is 0 Å². The molecule has 1 N–H and O–H groups in total. The summed E-state index contributed by atoms with van der Waals surface area (Å²) in [5.41, 5.74) is 2.62. The molecule has 0 atom stereocenters. The molecule has 94 valence electrons. The molecule has 1 rings (SSSR count). The van der Waals surface area contributed by atoms with Crippen molar-refractivity contribution < 1.29 is 18.9 Å². The third kappa shape index (κ3) is 4.43. The van der Waals surface area contributed by atoms with E-state index in [4.69, 9.17) is 9.57 Å². The maximum Gasteiger partial charge on any atom is 0.304 e. The number of nitro benzene ring substituents is 1. The third-order valence-corrected chi connectivity index (χ3v) is 1.98. The summed E-state index contributed by atoms with van der Waals surface area (Å²) in [6.07, 6.45) is 0. The molecule has 0 spiro atoms. The van der Waals surface area contributed by atoms with Crippen LogP contribution in [0.25, 0.3) is 0 Å². The number of methoxy groups -OCH3 is 1. The second-order valence-corrected chi connectivity index (χ2v) is 3.21. The van der Waals surface area contributed by atoms with Crippen LogP contribution >= 0.6 is 0 Å². The topological polar surface area (TPSA) is 73.6 Å². The van der Waals surface area contributed by atoms with Gasteiger partial charge in [0.1, 0.15) is 0 Å². The Morgan fingerprint density at radius 2 is 2.24 bits per heavy atom. The van der Waals surface area contributed by atoms with E-state index in [0.717, 1.165) is 12.1 Å². The van der Waals surface area contributed by atoms with Gasteiger partial charge in [-0.2, -0.15) is 9.87 Å². The van der Waals surface area contributed by atoms with Gasteiger partial charge in [0, 0.05) is 19.7 Å². The van der Waals surface area contributed by atoms with Crippen LogP contribution in [-0.4, -0.2) is 25.2 Å². The minimum atomic E-state index is -0.855. The molecule has 0 saturated carbocycles. The molecule has 6 nitrogen and oxygen atoms in total. The van der Waals surface area contributed by atoms with Gasteiger partial charge in [0.25, 0.3) is 0 Å². The largest absolute Gasteiger partial charge is 0.382 e. The van der Waals surface area contributed by atoms with Crippen molar-refractivity contribution in [3.05, 3.63) is 39.7 Å². The maximum atomic E-state index is 13.2. The number of benzene rings is 1. The van der Waals surface area contributed by atoms with Crippen LogP contribution in [0.2, 0.25) is 0 Å². The van der Waals surface area contributed by atoms with Crippen LogP contribution in [0, 0.1) is 15.9 Å². The van der Waals surface area contributed by atoms with Crippen LogP contribution in [0.1, 0.15) is 5.56 Å². The minimum absolute atomic E-state index is 0.263. The first kappa shape index (κ1) is 13.5. The predicted molar refractivity (Wildman–Crippen MR) is 57.7 cm³/mol. The normalized spacial score (nSPS) is 10.5. The number of ether oxygens (including phenoxy) is 1. The predicted octanol–water partition coefficient (Wildman–Crippen LogP) is 1.40. The van der Waals surface area contributed by atoms with Gasteiger partial charge in [0.05, 0.1) is 18.1 Å². The summed E-state index contributed by atoms with van der Waals surface area (Å²) in [5, 5.41) is 10.4. The van der Waals surface area contributed by atoms with Gasteiger partial charge < -0.3 is 4.74 Å². The first-order chi connectivity index (χ1) is 8.15. The van der Waals surface area contributed by atoms with E-state index in [-0.39, 0.29) is 6.54 Å². The molecule has 1 aromatic rings. The number of rotatable bonds is 7. The van der Waals surface area contributed by atoms with Gasteiger partial charge in [-0.25, -0.2) is 0 Å². The molecule has 0 aliphatic carbocycles. The van der Waals surface area contributed by atoms with Crippen molar-refractivity contribution >= 4 is 5.69 Å². The van der Waals surface area contributed by atoms with E-state index in [1.165, 1.54) is 6.07 Å². The summed E-state index contributed by atoms with van der Waals surface area (Å²) in [7, 11) is 1.55. The van der Waals surface area contributed by atoms with Gasteiger partial charge in [-0.1, -0.05) is 6.07 Å². The average Bonchev–Trinajstić information content (AvgIpc) is 2.28. The molecule has 0 saturated heterocycles. The number of nitro groups is 1. The quantitative estimate of drug-likeness (QED) is 0.446. The van der Waals surface area contributed by atoms with E-state index < -0.39 is 16.4 Å².